The third kappa shape index (κ3) is 3.89. The van der Waals surface area contributed by atoms with Gasteiger partial charge in [-0.1, -0.05) is 133 Å². The van der Waals surface area contributed by atoms with Gasteiger partial charge in [-0.2, -0.15) is 0 Å². The van der Waals surface area contributed by atoms with Gasteiger partial charge in [0.2, 0.25) is 0 Å². The van der Waals surface area contributed by atoms with E-state index in [1.165, 1.54) is 66.1 Å². The maximum absolute atomic E-state index is 3.75. The molecule has 44 heavy (non-hydrogen) atoms. The van der Waals surface area contributed by atoms with Gasteiger partial charge in [-0.15, -0.1) is 0 Å². The number of nitrogens with one attached hydrogen (secondary N) is 2. The van der Waals surface area contributed by atoms with Gasteiger partial charge in [-0.05, 0) is 68.8 Å². The number of rotatable bonds is 4. The Morgan fingerprint density at radius 3 is 1.05 bits per heavy atom. The average molecular weight is 561 g/mol. The summed E-state index contributed by atoms with van der Waals surface area (Å²) in [6, 6.07) is 56.8. The van der Waals surface area contributed by atoms with Crippen molar-refractivity contribution in [1.82, 2.24) is 9.97 Å². The summed E-state index contributed by atoms with van der Waals surface area (Å²) in [5, 5.41) is 4.93. The van der Waals surface area contributed by atoms with E-state index in [9.17, 15) is 0 Å². The van der Waals surface area contributed by atoms with Crippen molar-refractivity contribution in [1.29, 1.82) is 0 Å². The van der Waals surface area contributed by atoms with Crippen LogP contribution in [0.1, 0.15) is 0 Å². The van der Waals surface area contributed by atoms with Gasteiger partial charge < -0.3 is 9.97 Å². The lowest BCUT2D eigenvalue weighted by molar-refractivity contribution is 1.51. The lowest BCUT2D eigenvalue weighted by atomic mass is 9.93. The van der Waals surface area contributed by atoms with Crippen molar-refractivity contribution in [3.05, 3.63) is 158 Å². The van der Waals surface area contributed by atoms with E-state index >= 15 is 0 Å². The molecule has 206 valence electrons. The molecule has 2 nitrogen and oxygen atoms in total. The van der Waals surface area contributed by atoms with Gasteiger partial charge in [0.1, 0.15) is 0 Å². The molecule has 0 aliphatic rings. The standard InChI is InChI=1S/C42H28N2/c1-3-11-27(12-4-1)31-15-7-9-17-33(31)29-19-23-39-37(25-29)35-21-22-36-38-26-30(20-24-40(38)44-42(36)41(35)43-39)34-18-10-8-16-32(34)28-13-5-2-6-14-28/h1-26,43-44H. The molecular weight excluding hydrogens is 532 g/mol. The molecule has 0 saturated carbocycles. The number of hydrogen-bond donors (Lipinski definition) is 2. The molecule has 7 aromatic carbocycles. The van der Waals surface area contributed by atoms with Crippen molar-refractivity contribution in [2.45, 2.75) is 0 Å². The normalized spacial score (nSPS) is 11.6. The molecule has 2 aromatic heterocycles. The number of hydrogen-bond acceptors (Lipinski definition) is 0. The quantitative estimate of drug-likeness (QED) is 0.215. The molecule has 0 aliphatic heterocycles. The smallest absolute Gasteiger partial charge is 0.0710 e. The van der Waals surface area contributed by atoms with Crippen LogP contribution in [0.3, 0.4) is 0 Å². The molecular formula is C42H28N2. The number of aromatic amines is 2. The Hall–Kier alpha value is -5.86. The average Bonchev–Trinajstić information content (AvgIpc) is 3.67. The molecule has 2 N–H and O–H groups in total. The van der Waals surface area contributed by atoms with E-state index in [1.807, 2.05) is 0 Å². The Kier molecular flexibility index (Phi) is 5.54. The minimum Gasteiger partial charge on any atom is -0.353 e. The van der Waals surface area contributed by atoms with Gasteiger partial charge in [0.25, 0.3) is 0 Å². The number of H-pyrrole nitrogens is 2. The molecule has 2 heteroatoms. The van der Waals surface area contributed by atoms with E-state index in [-0.39, 0.29) is 0 Å². The minimum atomic E-state index is 1.14. The van der Waals surface area contributed by atoms with Crippen molar-refractivity contribution in [2.24, 2.45) is 0 Å². The highest BCUT2D eigenvalue weighted by molar-refractivity contribution is 6.22. The van der Waals surface area contributed by atoms with Crippen molar-refractivity contribution < 1.29 is 0 Å². The molecule has 0 atom stereocenters. The maximum Gasteiger partial charge on any atom is 0.0710 e. The fourth-order valence-electron chi connectivity index (χ4n) is 6.88. The van der Waals surface area contributed by atoms with Gasteiger partial charge >= 0.3 is 0 Å². The predicted molar refractivity (Wildman–Crippen MR) is 187 cm³/mol. The zero-order chi connectivity index (χ0) is 29.0. The molecule has 9 aromatic rings. The fraction of sp³-hybridized carbons (Fsp3) is 0. The highest BCUT2D eigenvalue weighted by atomic mass is 14.8. The highest BCUT2D eigenvalue weighted by Gasteiger charge is 2.15. The van der Waals surface area contributed by atoms with E-state index in [2.05, 4.69) is 168 Å². The zero-order valence-corrected chi connectivity index (χ0v) is 24.0. The second-order valence-corrected chi connectivity index (χ2v) is 11.5. The Bertz CT molecular complexity index is 2300. The van der Waals surface area contributed by atoms with E-state index in [1.54, 1.807) is 0 Å². The van der Waals surface area contributed by atoms with E-state index in [0.717, 1.165) is 22.1 Å². The summed E-state index contributed by atoms with van der Waals surface area (Å²) in [5.74, 6) is 0. The zero-order valence-electron chi connectivity index (χ0n) is 24.0. The van der Waals surface area contributed by atoms with Crippen LogP contribution in [-0.4, -0.2) is 9.97 Å². The Balaban J connectivity index is 1.19. The molecule has 0 aliphatic carbocycles. The summed E-state index contributed by atoms with van der Waals surface area (Å²) in [7, 11) is 0. The third-order valence-electron chi connectivity index (χ3n) is 8.99. The van der Waals surface area contributed by atoms with Gasteiger partial charge in [-0.3, -0.25) is 0 Å². The first-order valence-electron chi connectivity index (χ1n) is 15.1. The first-order chi connectivity index (χ1) is 21.8. The van der Waals surface area contributed by atoms with E-state index < -0.39 is 0 Å². The largest absolute Gasteiger partial charge is 0.353 e. The molecule has 0 spiro atoms. The van der Waals surface area contributed by atoms with Gasteiger partial charge in [-0.25, -0.2) is 0 Å². The molecule has 0 unspecified atom stereocenters. The molecule has 9 rings (SSSR count). The monoisotopic (exact) mass is 560 g/mol. The fourth-order valence-corrected chi connectivity index (χ4v) is 6.88. The minimum absolute atomic E-state index is 1.14. The Morgan fingerprint density at radius 1 is 0.273 bits per heavy atom. The second kappa shape index (κ2) is 9.86. The lowest BCUT2D eigenvalue weighted by Crippen LogP contribution is -1.85. The van der Waals surface area contributed by atoms with E-state index in [4.69, 9.17) is 0 Å². The summed E-state index contributed by atoms with van der Waals surface area (Å²) in [6.45, 7) is 0. The summed E-state index contributed by atoms with van der Waals surface area (Å²) in [4.78, 5) is 7.51. The molecule has 0 amide bonds. The molecule has 0 fully saturated rings. The Morgan fingerprint density at radius 2 is 0.636 bits per heavy atom. The van der Waals surface area contributed by atoms with Crippen molar-refractivity contribution in [3.8, 4) is 44.5 Å². The van der Waals surface area contributed by atoms with Crippen LogP contribution in [0.15, 0.2) is 158 Å². The van der Waals surface area contributed by atoms with Crippen LogP contribution in [0.2, 0.25) is 0 Å². The Labute approximate surface area is 255 Å². The van der Waals surface area contributed by atoms with Crippen LogP contribution in [0, 0.1) is 0 Å². The summed E-state index contributed by atoms with van der Waals surface area (Å²) in [5.41, 5.74) is 14.4. The third-order valence-corrected chi connectivity index (χ3v) is 8.99. The highest BCUT2D eigenvalue weighted by Crippen LogP contribution is 2.40. The number of benzene rings is 7. The van der Waals surface area contributed by atoms with Crippen molar-refractivity contribution in [3.63, 3.8) is 0 Å². The van der Waals surface area contributed by atoms with Crippen LogP contribution in [0.4, 0.5) is 0 Å². The first kappa shape index (κ1) is 24.7. The topological polar surface area (TPSA) is 31.6 Å². The van der Waals surface area contributed by atoms with Crippen LogP contribution in [0.5, 0.6) is 0 Å². The summed E-state index contributed by atoms with van der Waals surface area (Å²) >= 11 is 0. The van der Waals surface area contributed by atoms with Crippen molar-refractivity contribution >= 4 is 43.6 Å². The maximum atomic E-state index is 3.75. The lowest BCUT2D eigenvalue weighted by Gasteiger charge is -2.10. The molecule has 0 saturated heterocycles. The van der Waals surface area contributed by atoms with Gasteiger partial charge in [0.15, 0.2) is 0 Å². The number of aromatic nitrogens is 2. The van der Waals surface area contributed by atoms with Gasteiger partial charge in [0, 0.05) is 32.6 Å². The van der Waals surface area contributed by atoms with E-state index in [0.29, 0.717) is 0 Å². The summed E-state index contributed by atoms with van der Waals surface area (Å²) in [6.07, 6.45) is 0. The van der Waals surface area contributed by atoms with Crippen LogP contribution < -0.4 is 0 Å². The molecule has 2 heterocycles. The number of fused-ring (bicyclic) bond motifs is 7. The SMILES string of the molecule is c1ccc(-c2ccccc2-c2ccc3[nH]c4c(ccc5c6cc(-c7ccccc7-c7ccccc7)ccc6[nH]c54)c3c2)cc1. The van der Waals surface area contributed by atoms with Crippen molar-refractivity contribution in [2.75, 3.05) is 0 Å². The predicted octanol–water partition coefficient (Wildman–Crippen LogP) is 11.6. The van der Waals surface area contributed by atoms with Crippen LogP contribution >= 0.6 is 0 Å². The first-order valence-corrected chi connectivity index (χ1v) is 15.1. The molecule has 0 bridgehead atoms. The van der Waals surface area contributed by atoms with Crippen LogP contribution in [0.25, 0.3) is 88.1 Å². The van der Waals surface area contributed by atoms with Gasteiger partial charge in [0.05, 0.1) is 11.0 Å². The second-order valence-electron chi connectivity index (χ2n) is 11.5. The summed E-state index contributed by atoms with van der Waals surface area (Å²) < 4.78 is 0. The molecule has 0 radical (unpaired) electrons. The van der Waals surface area contributed by atoms with Crippen LogP contribution in [-0.2, 0) is 0 Å².